The summed E-state index contributed by atoms with van der Waals surface area (Å²) in [5.41, 5.74) is 1.21. The molecule has 0 spiro atoms. The predicted octanol–water partition coefficient (Wildman–Crippen LogP) is 1.59. The Bertz CT molecular complexity index is 722. The molecule has 0 saturated heterocycles. The van der Waals surface area contributed by atoms with E-state index < -0.39 is 11.5 Å². The maximum absolute atomic E-state index is 11.8. The topological polar surface area (TPSA) is 92.3 Å². The SMILES string of the molecule is Cc1cccc(OCc2nc(C)c(CC(=O)O)c(=O)[nH]2)c1. The summed E-state index contributed by atoms with van der Waals surface area (Å²) < 4.78 is 5.55. The van der Waals surface area contributed by atoms with Gasteiger partial charge in [-0.1, -0.05) is 12.1 Å². The lowest BCUT2D eigenvalue weighted by Crippen LogP contribution is -2.22. The number of hydrogen-bond acceptors (Lipinski definition) is 4. The second kappa shape index (κ2) is 6.21. The van der Waals surface area contributed by atoms with Crippen molar-refractivity contribution in [1.29, 1.82) is 0 Å². The molecule has 1 aromatic carbocycles. The number of aromatic nitrogens is 2. The number of carbonyl (C=O) groups is 1. The fourth-order valence-corrected chi connectivity index (χ4v) is 1.95. The quantitative estimate of drug-likeness (QED) is 0.871. The molecule has 0 aliphatic carbocycles. The standard InChI is InChI=1S/C15H16N2O4/c1-9-4-3-5-11(6-9)21-8-13-16-10(2)12(7-14(18)19)15(20)17-13/h3-6H,7-8H2,1-2H3,(H,18,19)(H,16,17,20). The zero-order chi connectivity index (χ0) is 15.4. The molecule has 0 unspecified atom stereocenters. The minimum Gasteiger partial charge on any atom is -0.486 e. The smallest absolute Gasteiger partial charge is 0.308 e. The van der Waals surface area contributed by atoms with E-state index in [0.717, 1.165) is 5.56 Å². The van der Waals surface area contributed by atoms with Gasteiger partial charge < -0.3 is 14.8 Å². The van der Waals surface area contributed by atoms with E-state index in [1.807, 2.05) is 31.2 Å². The van der Waals surface area contributed by atoms with Crippen molar-refractivity contribution in [3.63, 3.8) is 0 Å². The highest BCUT2D eigenvalue weighted by Gasteiger charge is 2.12. The van der Waals surface area contributed by atoms with E-state index in [9.17, 15) is 9.59 Å². The van der Waals surface area contributed by atoms with Gasteiger partial charge >= 0.3 is 5.97 Å². The van der Waals surface area contributed by atoms with Gasteiger partial charge in [0, 0.05) is 11.3 Å². The average molecular weight is 288 g/mol. The van der Waals surface area contributed by atoms with Gasteiger partial charge in [0.15, 0.2) is 0 Å². The lowest BCUT2D eigenvalue weighted by Gasteiger charge is -2.08. The molecule has 0 aliphatic heterocycles. The lowest BCUT2D eigenvalue weighted by atomic mass is 10.2. The van der Waals surface area contributed by atoms with Gasteiger partial charge in [-0.25, -0.2) is 4.98 Å². The molecular formula is C15H16N2O4. The zero-order valence-corrected chi connectivity index (χ0v) is 11.8. The molecule has 0 saturated carbocycles. The van der Waals surface area contributed by atoms with Crippen molar-refractivity contribution in [2.75, 3.05) is 0 Å². The van der Waals surface area contributed by atoms with Crippen LogP contribution in [0.25, 0.3) is 0 Å². The Morgan fingerprint density at radius 2 is 2.14 bits per heavy atom. The molecule has 1 aromatic heterocycles. The summed E-state index contributed by atoms with van der Waals surface area (Å²) in [5, 5.41) is 8.76. The van der Waals surface area contributed by atoms with Crippen LogP contribution in [0.15, 0.2) is 29.1 Å². The minimum atomic E-state index is -1.06. The van der Waals surface area contributed by atoms with Crippen LogP contribution in [-0.2, 0) is 17.8 Å². The summed E-state index contributed by atoms with van der Waals surface area (Å²) in [4.78, 5) is 29.3. The number of hydrogen-bond donors (Lipinski definition) is 2. The number of carboxylic acid groups (broad SMARTS) is 1. The molecular weight excluding hydrogens is 272 g/mol. The van der Waals surface area contributed by atoms with Crippen molar-refractivity contribution in [1.82, 2.24) is 9.97 Å². The van der Waals surface area contributed by atoms with E-state index >= 15 is 0 Å². The Morgan fingerprint density at radius 1 is 1.38 bits per heavy atom. The average Bonchev–Trinajstić information content (AvgIpc) is 2.40. The minimum absolute atomic E-state index is 0.118. The number of ether oxygens (including phenoxy) is 1. The molecule has 2 rings (SSSR count). The third-order valence-corrected chi connectivity index (χ3v) is 2.96. The van der Waals surface area contributed by atoms with Crippen molar-refractivity contribution in [2.45, 2.75) is 26.9 Å². The third-order valence-electron chi connectivity index (χ3n) is 2.96. The van der Waals surface area contributed by atoms with Crippen molar-refractivity contribution >= 4 is 5.97 Å². The lowest BCUT2D eigenvalue weighted by molar-refractivity contribution is -0.136. The zero-order valence-electron chi connectivity index (χ0n) is 11.8. The van der Waals surface area contributed by atoms with Crippen LogP contribution in [-0.4, -0.2) is 21.0 Å². The number of rotatable bonds is 5. The van der Waals surface area contributed by atoms with Crippen LogP contribution in [0.5, 0.6) is 5.75 Å². The van der Waals surface area contributed by atoms with Crippen molar-refractivity contribution < 1.29 is 14.6 Å². The first-order chi connectivity index (χ1) is 9.95. The molecule has 2 N–H and O–H groups in total. The largest absolute Gasteiger partial charge is 0.486 e. The van der Waals surface area contributed by atoms with Crippen LogP contribution in [0, 0.1) is 13.8 Å². The summed E-state index contributed by atoms with van der Waals surface area (Å²) in [6, 6.07) is 7.53. The Hall–Kier alpha value is -2.63. The monoisotopic (exact) mass is 288 g/mol. The molecule has 0 amide bonds. The van der Waals surface area contributed by atoms with Gasteiger partial charge in [0.25, 0.3) is 5.56 Å². The predicted molar refractivity (Wildman–Crippen MR) is 76.4 cm³/mol. The van der Waals surface area contributed by atoms with Gasteiger partial charge in [0.2, 0.25) is 0 Å². The van der Waals surface area contributed by atoms with Crippen LogP contribution >= 0.6 is 0 Å². The highest BCUT2D eigenvalue weighted by molar-refractivity contribution is 5.70. The number of benzene rings is 1. The van der Waals surface area contributed by atoms with Gasteiger partial charge in [-0.05, 0) is 31.5 Å². The molecule has 0 radical (unpaired) electrons. The van der Waals surface area contributed by atoms with E-state index in [-0.39, 0.29) is 18.6 Å². The molecule has 2 aromatic rings. The van der Waals surface area contributed by atoms with Crippen LogP contribution in [0.1, 0.15) is 22.6 Å². The van der Waals surface area contributed by atoms with E-state index in [1.165, 1.54) is 0 Å². The van der Waals surface area contributed by atoms with E-state index in [0.29, 0.717) is 17.3 Å². The van der Waals surface area contributed by atoms with Gasteiger partial charge in [0.1, 0.15) is 18.2 Å². The van der Waals surface area contributed by atoms with E-state index in [4.69, 9.17) is 9.84 Å². The maximum Gasteiger partial charge on any atom is 0.308 e. The number of aryl methyl sites for hydroxylation is 2. The summed E-state index contributed by atoms with van der Waals surface area (Å²) in [5.74, 6) is -0.00720. The van der Waals surface area contributed by atoms with Crippen molar-refractivity contribution in [2.24, 2.45) is 0 Å². The third kappa shape index (κ3) is 3.92. The maximum atomic E-state index is 11.8. The van der Waals surface area contributed by atoms with E-state index in [1.54, 1.807) is 6.92 Å². The number of carboxylic acids is 1. The fourth-order valence-electron chi connectivity index (χ4n) is 1.95. The normalized spacial score (nSPS) is 10.4. The first kappa shape index (κ1) is 14.8. The van der Waals surface area contributed by atoms with Gasteiger partial charge in [0.05, 0.1) is 6.42 Å². The second-order valence-corrected chi connectivity index (χ2v) is 4.75. The van der Waals surface area contributed by atoms with Gasteiger partial charge in [-0.15, -0.1) is 0 Å². The van der Waals surface area contributed by atoms with E-state index in [2.05, 4.69) is 9.97 Å². The van der Waals surface area contributed by atoms with Crippen LogP contribution in [0.2, 0.25) is 0 Å². The molecule has 21 heavy (non-hydrogen) atoms. The first-order valence-corrected chi connectivity index (χ1v) is 6.45. The van der Waals surface area contributed by atoms with Crippen LogP contribution in [0.3, 0.4) is 0 Å². The number of nitrogens with zero attached hydrogens (tertiary/aromatic N) is 1. The summed E-state index contributed by atoms with van der Waals surface area (Å²) in [6.45, 7) is 3.69. The Morgan fingerprint density at radius 3 is 2.76 bits per heavy atom. The molecule has 110 valence electrons. The van der Waals surface area contributed by atoms with Gasteiger partial charge in [-0.2, -0.15) is 0 Å². The summed E-state index contributed by atoms with van der Waals surface area (Å²) in [6.07, 6.45) is -0.340. The molecule has 0 bridgehead atoms. The number of aromatic amines is 1. The second-order valence-electron chi connectivity index (χ2n) is 4.75. The fraction of sp³-hybridized carbons (Fsp3) is 0.267. The summed E-state index contributed by atoms with van der Waals surface area (Å²) >= 11 is 0. The highest BCUT2D eigenvalue weighted by atomic mass is 16.5. The van der Waals surface area contributed by atoms with Crippen molar-refractivity contribution in [3.05, 3.63) is 57.3 Å². The van der Waals surface area contributed by atoms with Crippen LogP contribution in [0.4, 0.5) is 0 Å². The molecule has 1 heterocycles. The Kier molecular flexibility index (Phi) is 4.37. The van der Waals surface area contributed by atoms with Crippen LogP contribution < -0.4 is 10.3 Å². The molecule has 0 atom stereocenters. The number of aliphatic carboxylic acids is 1. The number of H-pyrrole nitrogens is 1. The molecule has 6 nitrogen and oxygen atoms in total. The molecule has 6 heteroatoms. The molecule has 0 aliphatic rings. The van der Waals surface area contributed by atoms with Crippen molar-refractivity contribution in [3.8, 4) is 5.75 Å². The molecule has 0 fully saturated rings. The summed E-state index contributed by atoms with van der Waals surface area (Å²) in [7, 11) is 0. The van der Waals surface area contributed by atoms with Gasteiger partial charge in [-0.3, -0.25) is 9.59 Å². The Balaban J connectivity index is 2.15. The number of nitrogens with one attached hydrogen (secondary N) is 1. The highest BCUT2D eigenvalue weighted by Crippen LogP contribution is 2.13. The Labute approximate surface area is 121 Å². The first-order valence-electron chi connectivity index (χ1n) is 6.45.